The molecule has 1 saturated carbocycles. The van der Waals surface area contributed by atoms with Gasteiger partial charge in [0.2, 0.25) is 0 Å². The summed E-state index contributed by atoms with van der Waals surface area (Å²) < 4.78 is 3.48. The van der Waals surface area contributed by atoms with Crippen LogP contribution in [0.5, 0.6) is 0 Å². The predicted octanol–water partition coefficient (Wildman–Crippen LogP) is 2.44. The average molecular weight is 402 g/mol. The number of hydrogen-bond acceptors (Lipinski definition) is 5. The van der Waals surface area contributed by atoms with Crippen molar-refractivity contribution in [1.29, 1.82) is 0 Å². The van der Waals surface area contributed by atoms with E-state index in [1.807, 2.05) is 37.6 Å². The molecule has 1 aliphatic carbocycles. The van der Waals surface area contributed by atoms with Gasteiger partial charge >= 0.3 is 0 Å². The molecule has 1 aromatic carbocycles. The summed E-state index contributed by atoms with van der Waals surface area (Å²) in [6.07, 6.45) is 11.2. The van der Waals surface area contributed by atoms with Crippen molar-refractivity contribution in [3.05, 3.63) is 60.8 Å². The molecule has 1 fully saturated rings. The van der Waals surface area contributed by atoms with Crippen molar-refractivity contribution in [1.82, 2.24) is 29.7 Å². The molecule has 3 heterocycles. The van der Waals surface area contributed by atoms with E-state index in [-0.39, 0.29) is 11.9 Å². The smallest absolute Gasteiger partial charge is 0.251 e. The molecule has 2 unspecified atom stereocenters. The molecule has 0 spiro atoms. The van der Waals surface area contributed by atoms with E-state index in [1.54, 1.807) is 33.9 Å². The number of carbonyl (C=O) groups excluding carboxylic acids is 1. The first kappa shape index (κ1) is 18.5. The maximum Gasteiger partial charge on any atom is 0.251 e. The Labute approximate surface area is 173 Å². The summed E-state index contributed by atoms with van der Waals surface area (Å²) in [7, 11) is 1.87. The number of carbonyl (C=O) groups is 1. The number of hydrogen-bond donors (Lipinski definition) is 2. The maximum absolute atomic E-state index is 12.7. The minimum Gasteiger partial charge on any atom is -0.391 e. The normalized spacial score (nSPS) is 18.7. The van der Waals surface area contributed by atoms with Crippen molar-refractivity contribution in [3.63, 3.8) is 0 Å². The highest BCUT2D eigenvalue weighted by Gasteiger charge is 2.27. The molecule has 8 heteroatoms. The number of benzene rings is 1. The van der Waals surface area contributed by atoms with Crippen LogP contribution in [-0.2, 0) is 7.05 Å². The van der Waals surface area contributed by atoms with E-state index < -0.39 is 6.10 Å². The highest BCUT2D eigenvalue weighted by Crippen LogP contribution is 2.26. The largest absolute Gasteiger partial charge is 0.391 e. The summed E-state index contributed by atoms with van der Waals surface area (Å²) >= 11 is 0. The van der Waals surface area contributed by atoms with Gasteiger partial charge in [0, 0.05) is 47.9 Å². The first-order valence-electron chi connectivity index (χ1n) is 10.0. The maximum atomic E-state index is 12.7. The molecule has 1 amide bonds. The van der Waals surface area contributed by atoms with Crippen LogP contribution in [-0.4, -0.2) is 47.5 Å². The minimum absolute atomic E-state index is 0.175. The van der Waals surface area contributed by atoms with E-state index in [1.165, 1.54) is 0 Å². The van der Waals surface area contributed by atoms with Crippen LogP contribution in [0.25, 0.3) is 27.9 Å². The number of aliphatic hydroxyl groups is 1. The third kappa shape index (κ3) is 3.35. The average Bonchev–Trinajstić information content (AvgIpc) is 3.48. The molecule has 0 bridgehead atoms. The minimum atomic E-state index is -0.463. The second-order valence-electron chi connectivity index (χ2n) is 7.73. The van der Waals surface area contributed by atoms with Gasteiger partial charge in [0.1, 0.15) is 0 Å². The van der Waals surface area contributed by atoms with Crippen molar-refractivity contribution in [2.75, 3.05) is 0 Å². The highest BCUT2D eigenvalue weighted by atomic mass is 16.3. The van der Waals surface area contributed by atoms with Gasteiger partial charge in [-0.3, -0.25) is 9.48 Å². The summed E-state index contributed by atoms with van der Waals surface area (Å²) in [5.74, 6) is -0.175. The van der Waals surface area contributed by atoms with Crippen LogP contribution in [0.4, 0.5) is 0 Å². The van der Waals surface area contributed by atoms with Gasteiger partial charge in [0.05, 0.1) is 24.5 Å². The van der Waals surface area contributed by atoms with Crippen LogP contribution in [0.3, 0.4) is 0 Å². The summed E-state index contributed by atoms with van der Waals surface area (Å²) in [4.78, 5) is 17.3. The Morgan fingerprint density at radius 1 is 1.10 bits per heavy atom. The lowest BCUT2D eigenvalue weighted by Crippen LogP contribution is -2.39. The third-order valence-corrected chi connectivity index (χ3v) is 5.63. The van der Waals surface area contributed by atoms with Gasteiger partial charge in [0.25, 0.3) is 5.91 Å². The molecule has 0 aliphatic heterocycles. The van der Waals surface area contributed by atoms with Crippen molar-refractivity contribution < 1.29 is 9.90 Å². The second-order valence-corrected chi connectivity index (χ2v) is 7.73. The molecule has 8 nitrogen and oxygen atoms in total. The molecular formula is C22H22N6O2. The molecule has 0 radical (unpaired) electrons. The van der Waals surface area contributed by atoms with Gasteiger partial charge in [-0.2, -0.15) is 10.2 Å². The lowest BCUT2D eigenvalue weighted by molar-refractivity contribution is 0.0873. The van der Waals surface area contributed by atoms with Crippen LogP contribution in [0.15, 0.2) is 55.2 Å². The van der Waals surface area contributed by atoms with Crippen molar-refractivity contribution >= 4 is 11.6 Å². The fourth-order valence-corrected chi connectivity index (χ4v) is 3.99. The Morgan fingerprint density at radius 3 is 2.73 bits per heavy atom. The number of aromatic nitrogens is 5. The number of fused-ring (bicyclic) bond motifs is 1. The summed E-state index contributed by atoms with van der Waals surface area (Å²) in [5, 5.41) is 21.6. The van der Waals surface area contributed by atoms with E-state index in [9.17, 15) is 9.90 Å². The molecule has 3 aromatic heterocycles. The van der Waals surface area contributed by atoms with Crippen molar-refractivity contribution in [2.24, 2.45) is 7.05 Å². The monoisotopic (exact) mass is 402 g/mol. The molecule has 0 saturated heterocycles. The van der Waals surface area contributed by atoms with Gasteiger partial charge in [-0.05, 0) is 37.0 Å². The van der Waals surface area contributed by atoms with Crippen molar-refractivity contribution in [2.45, 2.75) is 31.4 Å². The Kier molecular flexibility index (Phi) is 4.55. The molecule has 5 rings (SSSR count). The zero-order valence-corrected chi connectivity index (χ0v) is 16.6. The molecular weight excluding hydrogens is 380 g/mol. The third-order valence-electron chi connectivity index (χ3n) is 5.63. The fourth-order valence-electron chi connectivity index (χ4n) is 3.99. The Bertz CT molecular complexity index is 1230. The molecule has 1 aliphatic rings. The van der Waals surface area contributed by atoms with Crippen LogP contribution in [0, 0.1) is 0 Å². The lowest BCUT2D eigenvalue weighted by Gasteiger charge is -2.16. The zero-order chi connectivity index (χ0) is 20.7. The van der Waals surface area contributed by atoms with E-state index in [4.69, 9.17) is 0 Å². The number of aryl methyl sites for hydroxylation is 1. The zero-order valence-electron chi connectivity index (χ0n) is 16.6. The molecule has 4 aromatic rings. The predicted molar refractivity (Wildman–Crippen MR) is 112 cm³/mol. The number of rotatable bonds is 4. The van der Waals surface area contributed by atoms with E-state index in [0.29, 0.717) is 11.2 Å². The lowest BCUT2D eigenvalue weighted by atomic mass is 10.0. The number of aliphatic hydroxyl groups excluding tert-OH is 1. The van der Waals surface area contributed by atoms with Crippen LogP contribution in [0.2, 0.25) is 0 Å². The van der Waals surface area contributed by atoms with E-state index >= 15 is 0 Å². The standard InChI is InChI=1S/C22H22N6O2/c1-27-12-17(10-24-27)16-9-23-21-18(11-25-28(21)13-16)14-4-2-5-15(8-14)22(30)26-19-6-3-7-20(19)29/h2,4-5,8-13,19-20,29H,3,6-7H2,1H3,(H,26,30). The SMILES string of the molecule is Cn1cc(-c2cnc3c(-c4cccc(C(=O)NC5CCCC5O)c4)cnn3c2)cn1. The van der Waals surface area contributed by atoms with Crippen LogP contribution >= 0.6 is 0 Å². The van der Waals surface area contributed by atoms with Crippen molar-refractivity contribution in [3.8, 4) is 22.3 Å². The Morgan fingerprint density at radius 2 is 1.97 bits per heavy atom. The Hall–Kier alpha value is -3.52. The number of nitrogens with zero attached hydrogens (tertiary/aromatic N) is 5. The molecule has 2 N–H and O–H groups in total. The van der Waals surface area contributed by atoms with Gasteiger partial charge < -0.3 is 10.4 Å². The molecule has 30 heavy (non-hydrogen) atoms. The second kappa shape index (κ2) is 7.38. The quantitative estimate of drug-likeness (QED) is 0.546. The number of nitrogens with one attached hydrogen (secondary N) is 1. The van der Waals surface area contributed by atoms with Gasteiger partial charge in [0.15, 0.2) is 5.65 Å². The summed E-state index contributed by atoms with van der Waals surface area (Å²) in [6, 6.07) is 7.23. The number of amides is 1. The van der Waals surface area contributed by atoms with Gasteiger partial charge in [-0.1, -0.05) is 12.1 Å². The van der Waals surface area contributed by atoms with E-state index in [2.05, 4.69) is 20.5 Å². The van der Waals surface area contributed by atoms with Crippen LogP contribution in [0.1, 0.15) is 29.6 Å². The van der Waals surface area contributed by atoms with Crippen LogP contribution < -0.4 is 5.32 Å². The van der Waals surface area contributed by atoms with Gasteiger partial charge in [-0.25, -0.2) is 9.50 Å². The Balaban J connectivity index is 1.44. The highest BCUT2D eigenvalue weighted by molar-refractivity contribution is 5.96. The fraction of sp³-hybridized carbons (Fsp3) is 0.273. The first-order chi connectivity index (χ1) is 14.6. The summed E-state index contributed by atoms with van der Waals surface area (Å²) in [5.41, 5.74) is 4.88. The molecule has 152 valence electrons. The van der Waals surface area contributed by atoms with Gasteiger partial charge in [-0.15, -0.1) is 0 Å². The summed E-state index contributed by atoms with van der Waals surface area (Å²) in [6.45, 7) is 0. The van der Waals surface area contributed by atoms with E-state index in [0.717, 1.165) is 41.5 Å². The molecule has 2 atom stereocenters. The first-order valence-corrected chi connectivity index (χ1v) is 10.0. The topological polar surface area (TPSA) is 97.3 Å².